The monoisotopic (exact) mass is 268 g/mol. The predicted molar refractivity (Wildman–Crippen MR) is 72.4 cm³/mol. The number of aryl methyl sites for hydroxylation is 1. The molecule has 0 aliphatic carbocycles. The molecule has 1 aromatic carbocycles. The van der Waals surface area contributed by atoms with Gasteiger partial charge in [0.15, 0.2) is 9.84 Å². The van der Waals surface area contributed by atoms with Crippen LogP contribution < -0.4 is 10.6 Å². The van der Waals surface area contributed by atoms with E-state index in [2.05, 4.69) is 10.6 Å². The predicted octanol–water partition coefficient (Wildman–Crippen LogP) is 0.715. The van der Waals surface area contributed by atoms with Crippen LogP contribution in [0.5, 0.6) is 0 Å². The molecular weight excluding hydrogens is 248 g/mol. The normalized spacial score (nSPS) is 17.4. The van der Waals surface area contributed by atoms with Crippen LogP contribution in [0.4, 0.5) is 0 Å². The summed E-state index contributed by atoms with van der Waals surface area (Å²) < 4.78 is 23.7. The fourth-order valence-electron chi connectivity index (χ4n) is 2.25. The highest BCUT2D eigenvalue weighted by molar-refractivity contribution is 7.91. The molecule has 0 saturated carbocycles. The zero-order valence-corrected chi connectivity index (χ0v) is 11.5. The lowest BCUT2D eigenvalue weighted by Crippen LogP contribution is -2.24. The van der Waals surface area contributed by atoms with E-state index in [1.54, 1.807) is 6.07 Å². The molecule has 2 rings (SSSR count). The van der Waals surface area contributed by atoms with Crippen molar-refractivity contribution in [2.75, 3.05) is 25.9 Å². The first kappa shape index (κ1) is 13.5. The van der Waals surface area contributed by atoms with Crippen LogP contribution in [0.2, 0.25) is 0 Å². The Morgan fingerprint density at radius 1 is 1.28 bits per heavy atom. The number of fused-ring (bicyclic) bond motifs is 1. The van der Waals surface area contributed by atoms with Crippen LogP contribution in [0.15, 0.2) is 23.1 Å². The van der Waals surface area contributed by atoms with E-state index < -0.39 is 9.84 Å². The minimum Gasteiger partial charge on any atom is -0.318 e. The van der Waals surface area contributed by atoms with Crippen LogP contribution in [0.1, 0.15) is 17.5 Å². The maximum Gasteiger partial charge on any atom is 0.178 e. The number of benzene rings is 1. The first-order chi connectivity index (χ1) is 8.63. The van der Waals surface area contributed by atoms with Crippen molar-refractivity contribution in [3.05, 3.63) is 29.3 Å². The van der Waals surface area contributed by atoms with Gasteiger partial charge in [0, 0.05) is 19.6 Å². The van der Waals surface area contributed by atoms with Gasteiger partial charge in [-0.05, 0) is 37.1 Å². The molecule has 1 aromatic rings. The maximum absolute atomic E-state index is 11.9. The number of likely N-dealkylation sites (N-methyl/N-ethyl adjacent to an activating group) is 1. The van der Waals surface area contributed by atoms with Crippen molar-refractivity contribution in [1.82, 2.24) is 10.6 Å². The van der Waals surface area contributed by atoms with Crippen LogP contribution in [-0.4, -0.2) is 34.3 Å². The summed E-state index contributed by atoms with van der Waals surface area (Å²) in [4.78, 5) is 0.535. The number of hydrogen-bond donors (Lipinski definition) is 2. The van der Waals surface area contributed by atoms with Crippen LogP contribution >= 0.6 is 0 Å². The molecule has 4 nitrogen and oxygen atoms in total. The third kappa shape index (κ3) is 3.10. The van der Waals surface area contributed by atoms with Crippen LogP contribution in [0.25, 0.3) is 0 Å². The second-order valence-electron chi connectivity index (χ2n) is 4.64. The lowest BCUT2D eigenvalue weighted by molar-refractivity contribution is 0.586. The van der Waals surface area contributed by atoms with Gasteiger partial charge in [-0.15, -0.1) is 0 Å². The van der Waals surface area contributed by atoms with Gasteiger partial charge in [-0.2, -0.15) is 0 Å². The van der Waals surface area contributed by atoms with Crippen LogP contribution in [0.3, 0.4) is 0 Å². The first-order valence-corrected chi connectivity index (χ1v) is 7.98. The minimum absolute atomic E-state index is 0.291. The summed E-state index contributed by atoms with van der Waals surface area (Å²) >= 11 is 0. The summed E-state index contributed by atoms with van der Waals surface area (Å²) in [5.74, 6) is 0.291. The highest BCUT2D eigenvalue weighted by Crippen LogP contribution is 2.25. The number of sulfone groups is 1. The average Bonchev–Trinajstić information content (AvgIpc) is 2.34. The minimum atomic E-state index is -3.02. The zero-order valence-electron chi connectivity index (χ0n) is 10.7. The highest BCUT2D eigenvalue weighted by Gasteiger charge is 2.23. The van der Waals surface area contributed by atoms with Gasteiger partial charge < -0.3 is 10.6 Å². The summed E-state index contributed by atoms with van der Waals surface area (Å²) in [7, 11) is -1.10. The topological polar surface area (TPSA) is 58.2 Å². The molecule has 1 heterocycles. The van der Waals surface area contributed by atoms with E-state index in [-0.39, 0.29) is 0 Å². The van der Waals surface area contributed by atoms with Crippen molar-refractivity contribution >= 4 is 9.84 Å². The number of hydrogen-bond acceptors (Lipinski definition) is 4. The van der Waals surface area contributed by atoms with E-state index in [0.29, 0.717) is 10.6 Å². The van der Waals surface area contributed by atoms with Crippen molar-refractivity contribution in [2.24, 2.45) is 0 Å². The molecule has 0 amide bonds. The van der Waals surface area contributed by atoms with Gasteiger partial charge in [-0.1, -0.05) is 12.1 Å². The Morgan fingerprint density at radius 2 is 2.11 bits per heavy atom. The SMILES string of the molecule is CNCCNCc1ccc2c(c1)CCCS2(=O)=O. The van der Waals surface area contributed by atoms with Gasteiger partial charge in [0.1, 0.15) is 0 Å². The molecular formula is C13H20N2O2S. The molecule has 100 valence electrons. The van der Waals surface area contributed by atoms with E-state index >= 15 is 0 Å². The summed E-state index contributed by atoms with van der Waals surface area (Å²) in [5, 5.41) is 6.39. The summed E-state index contributed by atoms with van der Waals surface area (Å²) in [6.07, 6.45) is 1.62. The molecule has 0 radical (unpaired) electrons. The zero-order chi connectivity index (χ0) is 13.0. The average molecular weight is 268 g/mol. The molecule has 0 fully saturated rings. The second kappa shape index (κ2) is 5.82. The third-order valence-corrected chi connectivity index (χ3v) is 5.09. The Hall–Kier alpha value is -0.910. The second-order valence-corrected chi connectivity index (χ2v) is 6.72. The first-order valence-electron chi connectivity index (χ1n) is 6.33. The standard InChI is InChI=1S/C13H20N2O2S/c1-14-6-7-15-10-11-4-5-13-12(9-11)3-2-8-18(13,16)17/h4-5,9,14-15H,2-3,6-8,10H2,1H3. The Bertz CT molecular complexity index is 512. The molecule has 0 aromatic heterocycles. The third-order valence-electron chi connectivity index (χ3n) is 3.20. The van der Waals surface area contributed by atoms with Crippen molar-refractivity contribution < 1.29 is 8.42 Å². The van der Waals surface area contributed by atoms with Gasteiger partial charge in [-0.25, -0.2) is 8.42 Å². The van der Waals surface area contributed by atoms with Crippen molar-refractivity contribution in [3.63, 3.8) is 0 Å². The van der Waals surface area contributed by atoms with Gasteiger partial charge >= 0.3 is 0 Å². The van der Waals surface area contributed by atoms with Gasteiger partial charge in [-0.3, -0.25) is 0 Å². The van der Waals surface area contributed by atoms with E-state index in [9.17, 15) is 8.42 Å². The lowest BCUT2D eigenvalue weighted by atomic mass is 10.1. The lowest BCUT2D eigenvalue weighted by Gasteiger charge is -2.17. The fourth-order valence-corrected chi connectivity index (χ4v) is 3.83. The molecule has 5 heteroatoms. The molecule has 2 N–H and O–H groups in total. The van der Waals surface area contributed by atoms with Crippen molar-refractivity contribution in [1.29, 1.82) is 0 Å². The smallest absolute Gasteiger partial charge is 0.178 e. The molecule has 0 saturated heterocycles. The molecule has 0 atom stereocenters. The van der Waals surface area contributed by atoms with Gasteiger partial charge in [0.25, 0.3) is 0 Å². The van der Waals surface area contributed by atoms with Crippen LogP contribution in [0, 0.1) is 0 Å². The Morgan fingerprint density at radius 3 is 2.89 bits per heavy atom. The van der Waals surface area contributed by atoms with Crippen LogP contribution in [-0.2, 0) is 22.8 Å². The molecule has 0 bridgehead atoms. The molecule has 1 aliphatic rings. The van der Waals surface area contributed by atoms with E-state index in [1.165, 1.54) is 0 Å². The molecule has 1 aliphatic heterocycles. The molecule has 18 heavy (non-hydrogen) atoms. The van der Waals surface area contributed by atoms with E-state index in [4.69, 9.17) is 0 Å². The Kier molecular flexibility index (Phi) is 4.37. The fraction of sp³-hybridized carbons (Fsp3) is 0.538. The highest BCUT2D eigenvalue weighted by atomic mass is 32.2. The Labute approximate surface area is 109 Å². The van der Waals surface area contributed by atoms with Gasteiger partial charge in [0.05, 0.1) is 10.6 Å². The summed E-state index contributed by atoms with van der Waals surface area (Å²) in [6, 6.07) is 5.70. The summed E-state index contributed by atoms with van der Waals surface area (Å²) in [6.45, 7) is 2.63. The molecule has 0 unspecified atom stereocenters. The van der Waals surface area contributed by atoms with Crippen molar-refractivity contribution in [2.45, 2.75) is 24.3 Å². The van der Waals surface area contributed by atoms with Gasteiger partial charge in [0.2, 0.25) is 0 Å². The number of nitrogens with one attached hydrogen (secondary N) is 2. The number of rotatable bonds is 5. The quantitative estimate of drug-likeness (QED) is 0.773. The molecule has 0 spiro atoms. The van der Waals surface area contributed by atoms with E-state index in [0.717, 1.165) is 43.6 Å². The van der Waals surface area contributed by atoms with Crippen molar-refractivity contribution in [3.8, 4) is 0 Å². The summed E-state index contributed by atoms with van der Waals surface area (Å²) in [5.41, 5.74) is 2.14. The maximum atomic E-state index is 11.9. The largest absolute Gasteiger partial charge is 0.318 e. The van der Waals surface area contributed by atoms with E-state index in [1.807, 2.05) is 19.2 Å². The Balaban J connectivity index is 2.08.